The Morgan fingerprint density at radius 1 is 1.39 bits per heavy atom. The molecule has 18 heavy (non-hydrogen) atoms. The molecule has 94 valence electrons. The molecule has 2 heterocycles. The molecule has 2 N–H and O–H groups in total. The van der Waals surface area contributed by atoms with Crippen LogP contribution in [0.25, 0.3) is 0 Å². The zero-order valence-electron chi connectivity index (χ0n) is 9.97. The number of nitrogens with zero attached hydrogens (tertiary/aromatic N) is 4. The lowest BCUT2D eigenvalue weighted by Gasteiger charge is -2.02. The van der Waals surface area contributed by atoms with Crippen molar-refractivity contribution in [2.75, 3.05) is 17.2 Å². The highest BCUT2D eigenvalue weighted by molar-refractivity contribution is 6.01. The van der Waals surface area contributed by atoms with Crippen LogP contribution in [0.2, 0.25) is 0 Å². The van der Waals surface area contributed by atoms with Gasteiger partial charge < -0.3 is 9.84 Å². The molecule has 0 aliphatic carbocycles. The van der Waals surface area contributed by atoms with Gasteiger partial charge in [-0.25, -0.2) is 0 Å². The molecule has 8 heteroatoms. The summed E-state index contributed by atoms with van der Waals surface area (Å²) in [5.74, 6) is 0.607. The molecule has 0 saturated carbocycles. The van der Waals surface area contributed by atoms with Crippen LogP contribution in [0.3, 0.4) is 0 Å². The second kappa shape index (κ2) is 5.21. The van der Waals surface area contributed by atoms with Crippen molar-refractivity contribution in [2.24, 2.45) is 0 Å². The number of aryl methyl sites for hydroxylation is 1. The number of hydrogen-bond acceptors (Lipinski definition) is 7. The molecule has 0 saturated heterocycles. The van der Waals surface area contributed by atoms with E-state index in [-0.39, 0.29) is 11.7 Å². The van der Waals surface area contributed by atoms with Crippen LogP contribution in [0, 0.1) is 6.92 Å². The van der Waals surface area contributed by atoms with E-state index < -0.39 is 5.91 Å². The molecule has 0 aromatic carbocycles. The summed E-state index contributed by atoms with van der Waals surface area (Å²) in [6.07, 6.45) is 0. The number of carbonyl (C=O) groups excluding carboxylic acids is 1. The molecule has 0 bridgehead atoms. The van der Waals surface area contributed by atoms with E-state index in [9.17, 15) is 4.79 Å². The Bertz CT molecular complexity index is 536. The van der Waals surface area contributed by atoms with Crippen molar-refractivity contribution in [3.8, 4) is 0 Å². The van der Waals surface area contributed by atoms with Crippen molar-refractivity contribution >= 4 is 17.7 Å². The largest absolute Gasteiger partial charge is 0.369 e. The van der Waals surface area contributed by atoms with Gasteiger partial charge in [0.2, 0.25) is 0 Å². The Morgan fingerprint density at radius 3 is 2.78 bits per heavy atom. The molecule has 2 aromatic heterocycles. The first kappa shape index (κ1) is 12.0. The summed E-state index contributed by atoms with van der Waals surface area (Å²) in [5, 5.41) is 16.6. The van der Waals surface area contributed by atoms with E-state index in [2.05, 4.69) is 31.0 Å². The smallest absolute Gasteiger partial charge is 0.328 e. The quantitative estimate of drug-likeness (QED) is 0.826. The van der Waals surface area contributed by atoms with Gasteiger partial charge in [-0.05, 0) is 26.0 Å². The Labute approximate surface area is 103 Å². The first-order valence-electron chi connectivity index (χ1n) is 5.38. The van der Waals surface area contributed by atoms with Crippen LogP contribution in [0.5, 0.6) is 0 Å². The fourth-order valence-electron chi connectivity index (χ4n) is 1.24. The third-order valence-electron chi connectivity index (χ3n) is 2.00. The van der Waals surface area contributed by atoms with E-state index in [1.54, 1.807) is 19.1 Å². The first-order valence-corrected chi connectivity index (χ1v) is 5.38. The Balaban J connectivity index is 2.04. The van der Waals surface area contributed by atoms with Crippen LogP contribution >= 0.6 is 0 Å². The predicted octanol–water partition coefficient (Wildman–Crippen LogP) is 0.852. The minimum Gasteiger partial charge on any atom is -0.369 e. The van der Waals surface area contributed by atoms with E-state index in [4.69, 9.17) is 4.52 Å². The first-order chi connectivity index (χ1) is 8.69. The van der Waals surface area contributed by atoms with Crippen molar-refractivity contribution in [2.45, 2.75) is 13.8 Å². The molecule has 0 radical (unpaired) electrons. The van der Waals surface area contributed by atoms with Crippen LogP contribution < -0.4 is 10.6 Å². The summed E-state index contributed by atoms with van der Waals surface area (Å²) in [6.45, 7) is 4.34. The zero-order valence-corrected chi connectivity index (χ0v) is 9.97. The maximum Gasteiger partial charge on any atom is 0.328 e. The fourth-order valence-corrected chi connectivity index (χ4v) is 1.24. The van der Waals surface area contributed by atoms with Crippen LogP contribution in [0.1, 0.15) is 23.2 Å². The number of aromatic nitrogens is 4. The fraction of sp³-hybridized carbons (Fsp3) is 0.300. The highest BCUT2D eigenvalue weighted by atomic mass is 16.5. The second-order valence-corrected chi connectivity index (χ2v) is 3.44. The highest BCUT2D eigenvalue weighted by Crippen LogP contribution is 2.06. The molecule has 1 amide bonds. The Morgan fingerprint density at radius 2 is 2.22 bits per heavy atom. The van der Waals surface area contributed by atoms with Crippen molar-refractivity contribution in [1.29, 1.82) is 0 Å². The molecule has 2 aromatic rings. The van der Waals surface area contributed by atoms with E-state index in [0.717, 1.165) is 6.54 Å². The van der Waals surface area contributed by atoms with Crippen LogP contribution in [-0.4, -0.2) is 32.8 Å². The molecule has 0 aliphatic heterocycles. The Hall–Kier alpha value is -2.51. The Kier molecular flexibility index (Phi) is 3.46. The molecule has 0 aliphatic rings. The summed E-state index contributed by atoms with van der Waals surface area (Å²) in [4.78, 5) is 15.6. The average Bonchev–Trinajstić information content (AvgIpc) is 2.76. The highest BCUT2D eigenvalue weighted by Gasteiger charge is 2.12. The predicted molar refractivity (Wildman–Crippen MR) is 63.2 cm³/mol. The second-order valence-electron chi connectivity index (χ2n) is 3.44. The van der Waals surface area contributed by atoms with E-state index >= 15 is 0 Å². The summed E-state index contributed by atoms with van der Waals surface area (Å²) < 4.78 is 4.77. The molecular formula is C10H12N6O2. The standard InChI is InChI=1S/C10H12N6O2/c1-3-11-8-5-4-7(14-15-8)9(17)13-10-12-6(2)16-18-10/h4-5H,3H2,1-2H3,(H,11,15)(H,12,13,16,17). The monoisotopic (exact) mass is 248 g/mol. The number of amides is 1. The van der Waals surface area contributed by atoms with Gasteiger partial charge in [0.1, 0.15) is 5.82 Å². The van der Waals surface area contributed by atoms with E-state index in [1.807, 2.05) is 6.92 Å². The minimum atomic E-state index is -0.450. The molecule has 0 atom stereocenters. The molecule has 0 fully saturated rings. The molecule has 0 unspecified atom stereocenters. The van der Waals surface area contributed by atoms with Crippen molar-refractivity contribution < 1.29 is 9.32 Å². The minimum absolute atomic E-state index is 0.0371. The number of nitrogens with one attached hydrogen (secondary N) is 2. The topological polar surface area (TPSA) is 106 Å². The lowest BCUT2D eigenvalue weighted by Crippen LogP contribution is -2.15. The van der Waals surface area contributed by atoms with Crippen molar-refractivity contribution in [1.82, 2.24) is 20.3 Å². The molecule has 2 rings (SSSR count). The SMILES string of the molecule is CCNc1ccc(C(=O)Nc2nc(C)no2)nn1. The summed E-state index contributed by atoms with van der Waals surface area (Å²) >= 11 is 0. The number of anilines is 2. The van der Waals surface area contributed by atoms with E-state index in [1.165, 1.54) is 0 Å². The van der Waals surface area contributed by atoms with Gasteiger partial charge in [-0.15, -0.1) is 10.2 Å². The average molecular weight is 248 g/mol. The lowest BCUT2D eigenvalue weighted by molar-refractivity contribution is 0.101. The maximum atomic E-state index is 11.7. The molecule has 0 spiro atoms. The van der Waals surface area contributed by atoms with Gasteiger partial charge in [-0.2, -0.15) is 4.98 Å². The van der Waals surface area contributed by atoms with E-state index in [0.29, 0.717) is 11.6 Å². The normalized spacial score (nSPS) is 10.1. The van der Waals surface area contributed by atoms with Gasteiger partial charge in [-0.3, -0.25) is 10.1 Å². The van der Waals surface area contributed by atoms with Gasteiger partial charge in [0.15, 0.2) is 11.5 Å². The number of carbonyl (C=O) groups is 1. The van der Waals surface area contributed by atoms with Crippen LogP contribution in [0.4, 0.5) is 11.8 Å². The summed E-state index contributed by atoms with van der Waals surface area (Å²) in [6, 6.07) is 3.27. The summed E-state index contributed by atoms with van der Waals surface area (Å²) in [5.41, 5.74) is 0.174. The summed E-state index contributed by atoms with van der Waals surface area (Å²) in [7, 11) is 0. The van der Waals surface area contributed by atoms with Gasteiger partial charge in [0, 0.05) is 6.54 Å². The zero-order chi connectivity index (χ0) is 13.0. The van der Waals surface area contributed by atoms with Gasteiger partial charge in [0.25, 0.3) is 5.91 Å². The van der Waals surface area contributed by atoms with Crippen LogP contribution in [0.15, 0.2) is 16.7 Å². The third-order valence-corrected chi connectivity index (χ3v) is 2.00. The van der Waals surface area contributed by atoms with Gasteiger partial charge >= 0.3 is 6.01 Å². The lowest BCUT2D eigenvalue weighted by atomic mass is 10.3. The van der Waals surface area contributed by atoms with Crippen molar-refractivity contribution in [3.05, 3.63) is 23.7 Å². The van der Waals surface area contributed by atoms with Gasteiger partial charge in [-0.1, -0.05) is 5.16 Å². The van der Waals surface area contributed by atoms with Crippen molar-refractivity contribution in [3.63, 3.8) is 0 Å². The maximum absolute atomic E-state index is 11.7. The number of rotatable bonds is 4. The third kappa shape index (κ3) is 2.78. The van der Waals surface area contributed by atoms with Crippen LogP contribution in [-0.2, 0) is 0 Å². The molecular weight excluding hydrogens is 236 g/mol. The number of hydrogen-bond donors (Lipinski definition) is 2. The van der Waals surface area contributed by atoms with Gasteiger partial charge in [0.05, 0.1) is 0 Å². The molecule has 8 nitrogen and oxygen atoms in total.